The number of carbonyl (C=O) groups excluding carboxylic acids is 4. The van der Waals surface area contributed by atoms with Crippen LogP contribution in [0.3, 0.4) is 0 Å². The van der Waals surface area contributed by atoms with E-state index in [9.17, 15) is 19.2 Å². The smallest absolute Gasteiger partial charge is 0.411 e. The molecule has 1 aliphatic heterocycles. The second-order valence-corrected chi connectivity index (χ2v) is 10.8. The topological polar surface area (TPSA) is 108 Å². The summed E-state index contributed by atoms with van der Waals surface area (Å²) in [6, 6.07) is 24.3. The molecule has 9 nitrogen and oxygen atoms in total. The first-order valence-electron chi connectivity index (χ1n) is 14.8. The van der Waals surface area contributed by atoms with Crippen LogP contribution in [0.5, 0.6) is 0 Å². The Hall–Kier alpha value is -4.50. The van der Waals surface area contributed by atoms with Crippen molar-refractivity contribution in [1.29, 1.82) is 0 Å². The van der Waals surface area contributed by atoms with E-state index >= 15 is 0 Å². The van der Waals surface area contributed by atoms with Gasteiger partial charge in [-0.25, -0.2) is 4.79 Å². The van der Waals surface area contributed by atoms with E-state index in [1.807, 2.05) is 54.6 Å². The molecule has 1 saturated heterocycles. The summed E-state index contributed by atoms with van der Waals surface area (Å²) in [4.78, 5) is 52.1. The molecular weight excluding hydrogens is 544 g/mol. The minimum absolute atomic E-state index is 0.0783. The van der Waals surface area contributed by atoms with E-state index in [1.165, 1.54) is 0 Å². The molecule has 0 aromatic heterocycles. The third kappa shape index (κ3) is 10.1. The summed E-state index contributed by atoms with van der Waals surface area (Å²) in [5.41, 5.74) is 3.89. The van der Waals surface area contributed by atoms with Gasteiger partial charge in [-0.05, 0) is 61.6 Å². The van der Waals surface area contributed by atoms with Gasteiger partial charge in [0.05, 0.1) is 5.69 Å². The summed E-state index contributed by atoms with van der Waals surface area (Å²) < 4.78 is 5.72. The van der Waals surface area contributed by atoms with E-state index in [2.05, 4.69) is 15.5 Å². The summed E-state index contributed by atoms with van der Waals surface area (Å²) in [6.07, 6.45) is 3.80. The minimum Gasteiger partial charge on any atom is -0.446 e. The zero-order valence-corrected chi connectivity index (χ0v) is 24.7. The Balaban J connectivity index is 1.08. The third-order valence-electron chi connectivity index (χ3n) is 7.60. The molecule has 1 heterocycles. The van der Waals surface area contributed by atoms with Crippen molar-refractivity contribution >= 4 is 35.6 Å². The predicted octanol–water partition coefficient (Wildman–Crippen LogP) is 5.84. The Bertz CT molecular complexity index is 1350. The zero-order chi connectivity index (χ0) is 30.4. The van der Waals surface area contributed by atoms with Crippen molar-refractivity contribution in [2.24, 2.45) is 0 Å². The highest BCUT2D eigenvalue weighted by molar-refractivity contribution is 5.92. The lowest BCUT2D eigenvalue weighted by atomic mass is 10.0. The summed E-state index contributed by atoms with van der Waals surface area (Å²) in [5.74, 6) is -0.00996. The molecule has 0 spiro atoms. The monoisotopic (exact) mass is 584 g/mol. The molecule has 3 aromatic carbocycles. The molecule has 3 amide bonds. The number of carbonyl (C=O) groups is 4. The van der Waals surface area contributed by atoms with Gasteiger partial charge in [0.2, 0.25) is 11.8 Å². The SMILES string of the molecule is CN(CCCCC(=O)Nc1ccc(C=O)cc1)C(=O)CCN1CCC(OC(=O)Nc2ccccc2-c2ccccc2)CC1. The molecule has 1 aliphatic rings. The Morgan fingerprint density at radius 3 is 2.30 bits per heavy atom. The Labute approximate surface area is 253 Å². The van der Waals surface area contributed by atoms with Gasteiger partial charge in [0.15, 0.2) is 0 Å². The van der Waals surface area contributed by atoms with Crippen LogP contribution in [0.2, 0.25) is 0 Å². The molecule has 0 saturated carbocycles. The zero-order valence-electron chi connectivity index (χ0n) is 24.7. The van der Waals surface area contributed by atoms with E-state index in [0.717, 1.165) is 49.8 Å². The number of para-hydroxylation sites is 1. The number of benzene rings is 3. The number of aldehydes is 1. The fourth-order valence-corrected chi connectivity index (χ4v) is 5.08. The van der Waals surface area contributed by atoms with Crippen molar-refractivity contribution in [2.45, 2.75) is 44.6 Å². The summed E-state index contributed by atoms with van der Waals surface area (Å²) >= 11 is 0. The van der Waals surface area contributed by atoms with E-state index in [-0.39, 0.29) is 17.9 Å². The second-order valence-electron chi connectivity index (χ2n) is 10.8. The number of hydrogen-bond donors (Lipinski definition) is 2. The fourth-order valence-electron chi connectivity index (χ4n) is 5.08. The van der Waals surface area contributed by atoms with Crippen LogP contribution in [0.15, 0.2) is 78.9 Å². The van der Waals surface area contributed by atoms with E-state index in [1.54, 1.807) is 36.2 Å². The van der Waals surface area contributed by atoms with Crippen LogP contribution in [0.1, 0.15) is 48.9 Å². The van der Waals surface area contributed by atoms with Gasteiger partial charge < -0.3 is 19.9 Å². The fraction of sp³-hybridized carbons (Fsp3) is 0.353. The number of ether oxygens (including phenoxy) is 1. The molecular formula is C34H40N4O5. The van der Waals surface area contributed by atoms with Crippen molar-refractivity contribution in [3.63, 3.8) is 0 Å². The summed E-state index contributed by atoms with van der Waals surface area (Å²) in [5, 5.41) is 5.73. The van der Waals surface area contributed by atoms with Crippen molar-refractivity contribution in [3.05, 3.63) is 84.4 Å². The van der Waals surface area contributed by atoms with Crippen LogP contribution >= 0.6 is 0 Å². The lowest BCUT2D eigenvalue weighted by molar-refractivity contribution is -0.130. The molecule has 0 radical (unpaired) electrons. The molecule has 4 rings (SSSR count). The third-order valence-corrected chi connectivity index (χ3v) is 7.60. The van der Waals surface area contributed by atoms with E-state index in [4.69, 9.17) is 4.74 Å². The Kier molecular flexibility index (Phi) is 11.9. The molecule has 0 aliphatic carbocycles. The van der Waals surface area contributed by atoms with Gasteiger partial charge in [0.1, 0.15) is 12.4 Å². The van der Waals surface area contributed by atoms with Crippen molar-refractivity contribution < 1.29 is 23.9 Å². The highest BCUT2D eigenvalue weighted by Gasteiger charge is 2.23. The normalized spacial score (nSPS) is 13.6. The highest BCUT2D eigenvalue weighted by atomic mass is 16.6. The first-order valence-corrected chi connectivity index (χ1v) is 14.8. The minimum atomic E-state index is -0.454. The molecule has 0 atom stereocenters. The highest BCUT2D eigenvalue weighted by Crippen LogP contribution is 2.28. The van der Waals surface area contributed by atoms with E-state index in [0.29, 0.717) is 49.3 Å². The van der Waals surface area contributed by atoms with Gasteiger partial charge in [-0.3, -0.25) is 19.7 Å². The average Bonchev–Trinajstić information content (AvgIpc) is 3.03. The summed E-state index contributed by atoms with van der Waals surface area (Å²) in [7, 11) is 1.80. The van der Waals surface area contributed by atoms with Crippen LogP contribution in [0.25, 0.3) is 11.1 Å². The van der Waals surface area contributed by atoms with Crippen molar-refractivity contribution in [2.75, 3.05) is 43.9 Å². The first kappa shape index (κ1) is 31.4. The lowest BCUT2D eigenvalue weighted by Gasteiger charge is -2.31. The Morgan fingerprint density at radius 1 is 0.884 bits per heavy atom. The molecule has 0 bridgehead atoms. The number of unbranched alkanes of at least 4 members (excludes halogenated alkanes) is 1. The number of nitrogens with zero attached hydrogens (tertiary/aromatic N) is 2. The number of anilines is 2. The van der Waals surface area contributed by atoms with Crippen molar-refractivity contribution in [3.8, 4) is 11.1 Å². The maximum atomic E-state index is 12.7. The van der Waals surface area contributed by atoms with Gasteiger partial charge in [-0.15, -0.1) is 0 Å². The maximum absolute atomic E-state index is 12.7. The maximum Gasteiger partial charge on any atom is 0.411 e. The van der Waals surface area contributed by atoms with Gasteiger partial charge in [-0.2, -0.15) is 0 Å². The molecule has 0 unspecified atom stereocenters. The van der Waals surface area contributed by atoms with Crippen LogP contribution in [-0.4, -0.2) is 73.3 Å². The molecule has 43 heavy (non-hydrogen) atoms. The van der Waals surface area contributed by atoms with Gasteiger partial charge in [0, 0.05) is 62.9 Å². The number of amides is 3. The number of nitrogens with one attached hydrogen (secondary N) is 2. The average molecular weight is 585 g/mol. The lowest BCUT2D eigenvalue weighted by Crippen LogP contribution is -2.40. The Morgan fingerprint density at radius 2 is 1.58 bits per heavy atom. The van der Waals surface area contributed by atoms with Crippen molar-refractivity contribution in [1.82, 2.24) is 9.80 Å². The molecule has 1 fully saturated rings. The molecule has 226 valence electrons. The second kappa shape index (κ2) is 16.2. The number of likely N-dealkylation sites (tertiary alicyclic amines) is 1. The van der Waals surface area contributed by atoms with Gasteiger partial charge >= 0.3 is 6.09 Å². The largest absolute Gasteiger partial charge is 0.446 e. The summed E-state index contributed by atoms with van der Waals surface area (Å²) in [6.45, 7) is 2.79. The van der Waals surface area contributed by atoms with Crippen LogP contribution in [0.4, 0.5) is 16.2 Å². The van der Waals surface area contributed by atoms with E-state index < -0.39 is 6.09 Å². The number of hydrogen-bond acceptors (Lipinski definition) is 6. The number of rotatable bonds is 13. The van der Waals surface area contributed by atoms with Gasteiger partial charge in [0.25, 0.3) is 0 Å². The van der Waals surface area contributed by atoms with Gasteiger partial charge in [-0.1, -0.05) is 48.5 Å². The molecule has 3 aromatic rings. The number of piperidine rings is 1. The predicted molar refractivity (Wildman–Crippen MR) is 168 cm³/mol. The quantitative estimate of drug-likeness (QED) is 0.193. The molecule has 9 heteroatoms. The van der Waals surface area contributed by atoms with Crippen LogP contribution in [-0.2, 0) is 14.3 Å². The first-order chi connectivity index (χ1) is 20.9. The molecule has 2 N–H and O–H groups in total. The van der Waals surface area contributed by atoms with Crippen LogP contribution < -0.4 is 10.6 Å². The van der Waals surface area contributed by atoms with Crippen LogP contribution in [0, 0.1) is 0 Å². The standard InChI is InChI=1S/C34H40N4O5/c1-37(21-8-7-13-32(40)35-28-16-14-26(25-39)15-17-28)33(41)20-24-38-22-18-29(19-23-38)43-34(42)36-31-12-6-5-11-30(31)27-9-3-2-4-10-27/h2-6,9-12,14-17,25,29H,7-8,13,18-24H2,1H3,(H,35,40)(H,36,42).